The third-order valence-corrected chi connectivity index (χ3v) is 0.971. The van der Waals surface area contributed by atoms with Crippen molar-refractivity contribution in [2.24, 2.45) is 0 Å². The Bertz CT molecular complexity index is 203. The van der Waals surface area contributed by atoms with E-state index in [9.17, 15) is 9.59 Å². The van der Waals surface area contributed by atoms with E-state index in [2.05, 4.69) is 32.1 Å². The first-order chi connectivity index (χ1) is 7.62. The molecule has 0 bridgehead atoms. The maximum atomic E-state index is 10.4. The van der Waals surface area contributed by atoms with E-state index in [1.807, 2.05) is 0 Å². The van der Waals surface area contributed by atoms with E-state index in [1.54, 1.807) is 0 Å². The molecule has 0 aromatic rings. The van der Waals surface area contributed by atoms with Gasteiger partial charge in [0, 0.05) is 0 Å². The van der Waals surface area contributed by atoms with Gasteiger partial charge < -0.3 is 18.9 Å². The van der Waals surface area contributed by atoms with E-state index in [-0.39, 0.29) is 13.2 Å². The lowest BCUT2D eigenvalue weighted by atomic mass is 10.7. The molecule has 0 atom stereocenters. The smallest absolute Gasteiger partial charge is 0.438 e. The first-order valence-electron chi connectivity index (χ1n) is 4.25. The van der Waals surface area contributed by atoms with Gasteiger partial charge in [0.25, 0.3) is 0 Å². The molecule has 0 aliphatic carbocycles. The minimum atomic E-state index is -0.695. The predicted octanol–water partition coefficient (Wildman–Crippen LogP) is 1.91. The Kier molecular flexibility index (Phi) is 13.4. The van der Waals surface area contributed by atoms with Gasteiger partial charge in [0.05, 0.1) is 14.2 Å². The Hall–Kier alpha value is -1.98. The van der Waals surface area contributed by atoms with Crippen LogP contribution in [0.5, 0.6) is 0 Å². The number of hydrogen-bond acceptors (Lipinski definition) is 6. The fourth-order valence-electron chi connectivity index (χ4n) is 0.379. The molecule has 0 rings (SSSR count). The van der Waals surface area contributed by atoms with Gasteiger partial charge in [-0.15, -0.1) is 0 Å². The summed E-state index contributed by atoms with van der Waals surface area (Å²) in [5.74, 6) is 0. The number of carbonyl (C=O) groups is 2. The van der Waals surface area contributed by atoms with Crippen LogP contribution in [-0.4, -0.2) is 39.7 Å². The quantitative estimate of drug-likeness (QED) is 0.544. The Morgan fingerprint density at radius 1 is 0.938 bits per heavy atom. The first-order valence-corrected chi connectivity index (χ1v) is 4.25. The van der Waals surface area contributed by atoms with Crippen molar-refractivity contribution in [3.8, 4) is 0 Å². The molecule has 0 aliphatic rings. The SMILES string of the molecule is C=CCOC(=O)OCC=C.COC(=O)OC. The second kappa shape index (κ2) is 13.0. The van der Waals surface area contributed by atoms with Gasteiger partial charge in [-0.05, 0) is 0 Å². The van der Waals surface area contributed by atoms with Crippen molar-refractivity contribution in [3.63, 3.8) is 0 Å². The van der Waals surface area contributed by atoms with Crippen molar-refractivity contribution in [3.05, 3.63) is 25.3 Å². The molecule has 0 N–H and O–H groups in total. The van der Waals surface area contributed by atoms with Crippen LogP contribution in [0.15, 0.2) is 25.3 Å². The molecule has 0 amide bonds. The molecule has 0 unspecified atom stereocenters. The Balaban J connectivity index is 0. The molecule has 0 heterocycles. The summed E-state index contributed by atoms with van der Waals surface area (Å²) >= 11 is 0. The van der Waals surface area contributed by atoms with Crippen molar-refractivity contribution in [1.82, 2.24) is 0 Å². The molecule has 0 aliphatic heterocycles. The van der Waals surface area contributed by atoms with Gasteiger partial charge in [0.2, 0.25) is 0 Å². The summed E-state index contributed by atoms with van der Waals surface area (Å²) in [5, 5.41) is 0. The van der Waals surface area contributed by atoms with Crippen LogP contribution >= 0.6 is 0 Å². The second-order valence-corrected chi connectivity index (χ2v) is 2.11. The molecule has 0 saturated carbocycles. The summed E-state index contributed by atoms with van der Waals surface area (Å²) in [6, 6.07) is 0. The van der Waals surface area contributed by atoms with Crippen LogP contribution in [0.2, 0.25) is 0 Å². The van der Waals surface area contributed by atoms with Gasteiger partial charge in [0.1, 0.15) is 13.2 Å². The average Bonchev–Trinajstić information content (AvgIpc) is 2.33. The van der Waals surface area contributed by atoms with Gasteiger partial charge in [0.15, 0.2) is 0 Å². The van der Waals surface area contributed by atoms with Crippen LogP contribution in [-0.2, 0) is 18.9 Å². The largest absolute Gasteiger partial charge is 0.508 e. The predicted molar refractivity (Wildman–Crippen MR) is 57.1 cm³/mol. The summed E-state index contributed by atoms with van der Waals surface area (Å²) in [4.78, 5) is 20.2. The number of hydrogen-bond donors (Lipinski definition) is 0. The lowest BCUT2D eigenvalue weighted by Crippen LogP contribution is -2.06. The van der Waals surface area contributed by atoms with Crippen LogP contribution < -0.4 is 0 Å². The fraction of sp³-hybridized carbons (Fsp3) is 0.400. The van der Waals surface area contributed by atoms with Gasteiger partial charge >= 0.3 is 12.3 Å². The van der Waals surface area contributed by atoms with Gasteiger partial charge in [-0.1, -0.05) is 25.3 Å². The monoisotopic (exact) mass is 232 g/mol. The fourth-order valence-corrected chi connectivity index (χ4v) is 0.379. The van der Waals surface area contributed by atoms with Crippen LogP contribution in [0, 0.1) is 0 Å². The Labute approximate surface area is 94.4 Å². The van der Waals surface area contributed by atoms with E-state index >= 15 is 0 Å². The second-order valence-electron chi connectivity index (χ2n) is 2.11. The summed E-state index contributed by atoms with van der Waals surface area (Å²) in [6.45, 7) is 7.07. The summed E-state index contributed by atoms with van der Waals surface area (Å²) < 4.78 is 17.0. The number of carbonyl (C=O) groups excluding carboxylic acids is 2. The molecule has 16 heavy (non-hydrogen) atoms. The van der Waals surface area contributed by atoms with Crippen molar-refractivity contribution < 1.29 is 28.5 Å². The van der Waals surface area contributed by atoms with E-state index < -0.39 is 12.3 Å². The first kappa shape index (κ1) is 16.4. The van der Waals surface area contributed by atoms with Crippen molar-refractivity contribution >= 4 is 12.3 Å². The van der Waals surface area contributed by atoms with Gasteiger partial charge in [-0.2, -0.15) is 0 Å². The molecule has 6 heteroatoms. The van der Waals surface area contributed by atoms with Crippen LogP contribution in [0.4, 0.5) is 9.59 Å². The zero-order chi connectivity index (χ0) is 12.8. The van der Waals surface area contributed by atoms with Crippen molar-refractivity contribution in [1.29, 1.82) is 0 Å². The molecule has 0 fully saturated rings. The van der Waals surface area contributed by atoms with Gasteiger partial charge in [-0.3, -0.25) is 0 Å². The zero-order valence-electron chi connectivity index (χ0n) is 9.43. The Morgan fingerprint density at radius 3 is 1.50 bits per heavy atom. The van der Waals surface area contributed by atoms with E-state index in [0.717, 1.165) is 0 Å². The third kappa shape index (κ3) is 14.5. The standard InChI is InChI=1S/C7H10O3.C3H6O3/c1-3-5-9-7(8)10-6-4-2;1-5-3(4)6-2/h3-4H,1-2,5-6H2;1-2H3. The van der Waals surface area contributed by atoms with Crippen LogP contribution in [0.25, 0.3) is 0 Å². The van der Waals surface area contributed by atoms with E-state index in [4.69, 9.17) is 0 Å². The van der Waals surface area contributed by atoms with Crippen molar-refractivity contribution in [2.45, 2.75) is 0 Å². The minimum Gasteiger partial charge on any atom is -0.438 e. The highest BCUT2D eigenvalue weighted by Gasteiger charge is 1.97. The number of methoxy groups -OCH3 is 2. The molecule has 92 valence electrons. The van der Waals surface area contributed by atoms with Crippen molar-refractivity contribution in [2.75, 3.05) is 27.4 Å². The lowest BCUT2D eigenvalue weighted by Gasteiger charge is -1.99. The molecule has 0 aromatic carbocycles. The van der Waals surface area contributed by atoms with E-state index in [1.165, 1.54) is 26.4 Å². The molecular formula is C10H16O6. The third-order valence-electron chi connectivity index (χ3n) is 0.971. The summed E-state index contributed by atoms with van der Waals surface area (Å²) in [5.41, 5.74) is 0. The molecule has 0 spiro atoms. The normalized spacial score (nSPS) is 7.62. The maximum Gasteiger partial charge on any atom is 0.508 e. The van der Waals surface area contributed by atoms with E-state index in [0.29, 0.717) is 0 Å². The minimum absolute atomic E-state index is 0.177. The molecule has 0 radical (unpaired) electrons. The highest BCUT2D eigenvalue weighted by Crippen LogP contribution is 1.84. The number of rotatable bonds is 4. The molecule has 0 saturated heterocycles. The lowest BCUT2D eigenvalue weighted by molar-refractivity contribution is 0.0718. The maximum absolute atomic E-state index is 10.4. The highest BCUT2D eigenvalue weighted by molar-refractivity contribution is 5.60. The highest BCUT2D eigenvalue weighted by atomic mass is 16.7. The van der Waals surface area contributed by atoms with Crippen LogP contribution in [0.3, 0.4) is 0 Å². The zero-order valence-corrected chi connectivity index (χ0v) is 9.43. The number of ether oxygens (including phenoxy) is 4. The van der Waals surface area contributed by atoms with Gasteiger partial charge in [-0.25, -0.2) is 9.59 Å². The molecule has 0 aromatic heterocycles. The molecule has 6 nitrogen and oxygen atoms in total. The molecular weight excluding hydrogens is 216 g/mol. The van der Waals surface area contributed by atoms with Crippen LogP contribution in [0.1, 0.15) is 0 Å². The summed E-state index contributed by atoms with van der Waals surface area (Å²) in [6.07, 6.45) is 1.58. The average molecular weight is 232 g/mol. The Morgan fingerprint density at radius 2 is 1.31 bits per heavy atom. The summed E-state index contributed by atoms with van der Waals surface area (Å²) in [7, 11) is 2.51. The topological polar surface area (TPSA) is 71.1 Å².